The van der Waals surface area contributed by atoms with Crippen LogP contribution in [0.3, 0.4) is 0 Å². The number of carbonyl (C=O) groups is 2. The van der Waals surface area contributed by atoms with Crippen molar-refractivity contribution in [2.24, 2.45) is 11.8 Å². The SMILES string of the molecule is CC(C)C1COC(=O)N1C(=O)CCC1CC1. The molecule has 1 aliphatic carbocycles. The molecule has 1 atom stereocenters. The Hall–Kier alpha value is -1.06. The lowest BCUT2D eigenvalue weighted by Crippen LogP contribution is -2.41. The monoisotopic (exact) mass is 225 g/mol. The average molecular weight is 225 g/mol. The number of cyclic esters (lactones) is 1. The van der Waals surface area contributed by atoms with Gasteiger partial charge in [0.2, 0.25) is 5.91 Å². The minimum absolute atomic E-state index is 0.0619. The maximum Gasteiger partial charge on any atom is 0.416 e. The predicted octanol–water partition coefficient (Wildman–Crippen LogP) is 2.18. The highest BCUT2D eigenvalue weighted by molar-refractivity contribution is 5.93. The Bertz CT molecular complexity index is 297. The fourth-order valence-corrected chi connectivity index (χ4v) is 2.07. The van der Waals surface area contributed by atoms with Gasteiger partial charge in [-0.3, -0.25) is 4.79 Å². The van der Waals surface area contributed by atoms with Crippen molar-refractivity contribution in [3.8, 4) is 0 Å². The van der Waals surface area contributed by atoms with Crippen molar-refractivity contribution in [3.63, 3.8) is 0 Å². The summed E-state index contributed by atoms with van der Waals surface area (Å²) in [6.07, 6.45) is 3.44. The zero-order valence-electron chi connectivity index (χ0n) is 9.94. The van der Waals surface area contributed by atoms with Gasteiger partial charge >= 0.3 is 6.09 Å². The first-order valence-corrected chi connectivity index (χ1v) is 6.08. The van der Waals surface area contributed by atoms with Crippen molar-refractivity contribution in [1.82, 2.24) is 4.90 Å². The van der Waals surface area contributed by atoms with Crippen LogP contribution in [0.4, 0.5) is 4.79 Å². The lowest BCUT2D eigenvalue weighted by Gasteiger charge is -2.22. The summed E-state index contributed by atoms with van der Waals surface area (Å²) in [5, 5.41) is 0. The number of amides is 2. The van der Waals surface area contributed by atoms with Crippen LogP contribution in [0.5, 0.6) is 0 Å². The van der Waals surface area contributed by atoms with Crippen LogP contribution in [0, 0.1) is 11.8 Å². The molecular weight excluding hydrogens is 206 g/mol. The Kier molecular flexibility index (Phi) is 3.17. The van der Waals surface area contributed by atoms with Crippen LogP contribution < -0.4 is 0 Å². The highest BCUT2D eigenvalue weighted by atomic mass is 16.6. The number of rotatable bonds is 4. The van der Waals surface area contributed by atoms with Gasteiger partial charge in [0.05, 0.1) is 6.04 Å². The Labute approximate surface area is 95.9 Å². The predicted molar refractivity (Wildman–Crippen MR) is 58.8 cm³/mol. The molecule has 2 aliphatic rings. The third kappa shape index (κ3) is 2.36. The number of nitrogens with zero attached hydrogens (tertiary/aromatic N) is 1. The summed E-state index contributed by atoms with van der Waals surface area (Å²) >= 11 is 0. The number of hydrogen-bond donors (Lipinski definition) is 0. The van der Waals surface area contributed by atoms with Crippen molar-refractivity contribution in [1.29, 1.82) is 0 Å². The fourth-order valence-electron chi connectivity index (χ4n) is 2.07. The van der Waals surface area contributed by atoms with E-state index in [1.165, 1.54) is 17.7 Å². The summed E-state index contributed by atoms with van der Waals surface area (Å²) in [5.41, 5.74) is 0. The third-order valence-electron chi connectivity index (χ3n) is 3.41. The first kappa shape index (κ1) is 11.4. The second-order valence-corrected chi connectivity index (χ2v) is 5.13. The maximum atomic E-state index is 11.9. The molecule has 1 heterocycles. The Morgan fingerprint density at radius 1 is 1.50 bits per heavy atom. The number of ether oxygens (including phenoxy) is 1. The Balaban J connectivity index is 1.92. The van der Waals surface area contributed by atoms with Crippen molar-refractivity contribution in [2.45, 2.75) is 45.6 Å². The molecule has 0 radical (unpaired) electrons. The van der Waals surface area contributed by atoms with E-state index in [-0.39, 0.29) is 17.9 Å². The molecular formula is C12H19NO3. The van der Waals surface area contributed by atoms with Gasteiger partial charge < -0.3 is 4.74 Å². The first-order chi connectivity index (χ1) is 7.59. The van der Waals surface area contributed by atoms with Crippen LogP contribution in [0.25, 0.3) is 0 Å². The molecule has 4 heteroatoms. The lowest BCUT2D eigenvalue weighted by molar-refractivity contribution is -0.129. The highest BCUT2D eigenvalue weighted by Crippen LogP contribution is 2.34. The molecule has 2 fully saturated rings. The van der Waals surface area contributed by atoms with Gasteiger partial charge in [-0.2, -0.15) is 0 Å². The van der Waals surface area contributed by atoms with Gasteiger partial charge in [-0.25, -0.2) is 9.69 Å². The number of hydrogen-bond acceptors (Lipinski definition) is 3. The molecule has 2 rings (SSSR count). The highest BCUT2D eigenvalue weighted by Gasteiger charge is 2.39. The van der Waals surface area contributed by atoms with E-state index < -0.39 is 6.09 Å². The standard InChI is InChI=1S/C12H19NO3/c1-8(2)10-7-16-12(15)13(10)11(14)6-5-9-3-4-9/h8-10H,3-7H2,1-2H3. The largest absolute Gasteiger partial charge is 0.447 e. The fraction of sp³-hybridized carbons (Fsp3) is 0.833. The molecule has 0 N–H and O–H groups in total. The molecule has 0 bridgehead atoms. The zero-order valence-corrected chi connectivity index (χ0v) is 9.94. The smallest absolute Gasteiger partial charge is 0.416 e. The van der Waals surface area contributed by atoms with E-state index in [0.717, 1.165) is 12.3 Å². The van der Waals surface area contributed by atoms with E-state index in [9.17, 15) is 9.59 Å². The molecule has 0 aromatic rings. The Morgan fingerprint density at radius 3 is 2.75 bits per heavy atom. The van der Waals surface area contributed by atoms with Gasteiger partial charge in [-0.05, 0) is 18.3 Å². The van der Waals surface area contributed by atoms with Crippen LogP contribution in [-0.2, 0) is 9.53 Å². The van der Waals surface area contributed by atoms with Crippen molar-refractivity contribution in [3.05, 3.63) is 0 Å². The molecule has 0 spiro atoms. The second kappa shape index (κ2) is 4.44. The summed E-state index contributed by atoms with van der Waals surface area (Å²) < 4.78 is 4.95. The van der Waals surface area contributed by atoms with Crippen LogP contribution in [0.1, 0.15) is 39.5 Å². The van der Waals surface area contributed by atoms with Crippen molar-refractivity contribution < 1.29 is 14.3 Å². The van der Waals surface area contributed by atoms with E-state index >= 15 is 0 Å². The number of carbonyl (C=O) groups excluding carboxylic acids is 2. The van der Waals surface area contributed by atoms with E-state index in [4.69, 9.17) is 4.74 Å². The topological polar surface area (TPSA) is 46.6 Å². The Morgan fingerprint density at radius 2 is 2.19 bits per heavy atom. The molecule has 16 heavy (non-hydrogen) atoms. The molecule has 90 valence electrons. The van der Waals surface area contributed by atoms with Gasteiger partial charge in [-0.1, -0.05) is 26.7 Å². The van der Waals surface area contributed by atoms with Gasteiger partial charge in [0.1, 0.15) is 6.61 Å². The van der Waals surface area contributed by atoms with Gasteiger partial charge in [0.15, 0.2) is 0 Å². The quantitative estimate of drug-likeness (QED) is 0.736. The molecule has 0 aromatic heterocycles. The molecule has 1 aliphatic heterocycles. The van der Waals surface area contributed by atoms with Crippen LogP contribution in [0.15, 0.2) is 0 Å². The average Bonchev–Trinajstić information content (AvgIpc) is 2.97. The van der Waals surface area contributed by atoms with Crippen molar-refractivity contribution in [2.75, 3.05) is 6.61 Å². The van der Waals surface area contributed by atoms with E-state index in [0.29, 0.717) is 13.0 Å². The van der Waals surface area contributed by atoms with Crippen molar-refractivity contribution >= 4 is 12.0 Å². The summed E-state index contributed by atoms with van der Waals surface area (Å²) in [6.45, 7) is 4.37. The van der Waals surface area contributed by atoms with Crippen LogP contribution in [-0.4, -0.2) is 29.5 Å². The van der Waals surface area contributed by atoms with Crippen LogP contribution in [0.2, 0.25) is 0 Å². The van der Waals surface area contributed by atoms with Crippen LogP contribution >= 0.6 is 0 Å². The zero-order chi connectivity index (χ0) is 11.7. The minimum atomic E-state index is -0.459. The first-order valence-electron chi connectivity index (χ1n) is 6.08. The van der Waals surface area contributed by atoms with E-state index in [2.05, 4.69) is 0 Å². The molecule has 0 aromatic carbocycles. The van der Waals surface area contributed by atoms with E-state index in [1.54, 1.807) is 0 Å². The molecule has 1 saturated carbocycles. The molecule has 1 unspecified atom stereocenters. The molecule has 4 nitrogen and oxygen atoms in total. The van der Waals surface area contributed by atoms with Gasteiger partial charge in [0.25, 0.3) is 0 Å². The molecule has 1 saturated heterocycles. The summed E-state index contributed by atoms with van der Waals surface area (Å²) in [5.74, 6) is 0.921. The van der Waals surface area contributed by atoms with Gasteiger partial charge in [0, 0.05) is 6.42 Å². The summed E-state index contributed by atoms with van der Waals surface area (Å²) in [4.78, 5) is 24.7. The normalized spacial score (nSPS) is 25.1. The number of imide groups is 1. The summed E-state index contributed by atoms with van der Waals surface area (Å²) in [6, 6.07) is -0.0702. The third-order valence-corrected chi connectivity index (χ3v) is 3.41. The lowest BCUT2D eigenvalue weighted by atomic mass is 10.0. The van der Waals surface area contributed by atoms with E-state index in [1.807, 2.05) is 13.8 Å². The molecule has 2 amide bonds. The maximum absolute atomic E-state index is 11.9. The van der Waals surface area contributed by atoms with Gasteiger partial charge in [-0.15, -0.1) is 0 Å². The second-order valence-electron chi connectivity index (χ2n) is 5.13. The summed E-state index contributed by atoms with van der Waals surface area (Å²) in [7, 11) is 0. The minimum Gasteiger partial charge on any atom is -0.447 e.